The standard InChI is InChI=1S/C21H19BrF3N3O2/c1-3-30-18(29)10-17-27-16-8-7-12(22)9-15(16)21(28-17)26-11(2)13-5-4-6-14(19(13)23)20(24)25/h4-9,11,20H,3,10H2,1-2H3,(H,26,27,28)/t11-/m1/s1. The number of nitrogens with zero attached hydrogens (tertiary/aromatic N) is 2. The summed E-state index contributed by atoms with van der Waals surface area (Å²) >= 11 is 3.39. The molecule has 2 aromatic carbocycles. The third-order valence-electron chi connectivity index (χ3n) is 4.43. The van der Waals surface area contributed by atoms with Gasteiger partial charge >= 0.3 is 5.97 Å². The molecule has 1 N–H and O–H groups in total. The highest BCUT2D eigenvalue weighted by molar-refractivity contribution is 9.10. The molecule has 0 bridgehead atoms. The Labute approximate surface area is 179 Å². The molecule has 3 aromatic rings. The van der Waals surface area contributed by atoms with Crippen LogP contribution in [0.2, 0.25) is 0 Å². The van der Waals surface area contributed by atoms with Crippen molar-refractivity contribution >= 4 is 38.6 Å². The van der Waals surface area contributed by atoms with E-state index < -0.39 is 29.8 Å². The highest BCUT2D eigenvalue weighted by Gasteiger charge is 2.21. The van der Waals surface area contributed by atoms with E-state index in [9.17, 15) is 18.0 Å². The number of hydrogen-bond donors (Lipinski definition) is 1. The van der Waals surface area contributed by atoms with E-state index in [-0.39, 0.29) is 24.4 Å². The predicted octanol–water partition coefficient (Wildman–Crippen LogP) is 5.75. The number of nitrogens with one attached hydrogen (secondary N) is 1. The minimum Gasteiger partial charge on any atom is -0.466 e. The van der Waals surface area contributed by atoms with Crippen LogP contribution in [-0.2, 0) is 16.0 Å². The fraction of sp³-hybridized carbons (Fsp3) is 0.286. The van der Waals surface area contributed by atoms with Crippen LogP contribution >= 0.6 is 15.9 Å². The van der Waals surface area contributed by atoms with Gasteiger partial charge in [0.1, 0.15) is 23.9 Å². The fourth-order valence-corrected chi connectivity index (χ4v) is 3.39. The van der Waals surface area contributed by atoms with Gasteiger partial charge in [-0.2, -0.15) is 0 Å². The molecule has 0 aliphatic carbocycles. The molecule has 158 valence electrons. The van der Waals surface area contributed by atoms with Crippen molar-refractivity contribution in [2.75, 3.05) is 11.9 Å². The largest absolute Gasteiger partial charge is 0.466 e. The summed E-state index contributed by atoms with van der Waals surface area (Å²) in [6, 6.07) is 8.55. The highest BCUT2D eigenvalue weighted by atomic mass is 79.9. The van der Waals surface area contributed by atoms with Crippen molar-refractivity contribution in [2.45, 2.75) is 32.7 Å². The summed E-state index contributed by atoms with van der Waals surface area (Å²) in [6.45, 7) is 3.58. The third-order valence-corrected chi connectivity index (χ3v) is 4.92. The Balaban J connectivity index is 2.00. The number of ether oxygens (including phenoxy) is 1. The molecule has 1 heterocycles. The fourth-order valence-electron chi connectivity index (χ4n) is 3.03. The Kier molecular flexibility index (Phi) is 6.91. The highest BCUT2D eigenvalue weighted by Crippen LogP contribution is 2.31. The SMILES string of the molecule is CCOC(=O)Cc1nc(N[C@H](C)c2cccc(C(F)F)c2F)c2cc(Br)ccc2n1. The van der Waals surface area contributed by atoms with E-state index in [0.717, 1.165) is 10.5 Å². The minimum absolute atomic E-state index is 0.0847. The molecule has 0 saturated heterocycles. The number of fused-ring (bicyclic) bond motifs is 1. The molecule has 5 nitrogen and oxygen atoms in total. The van der Waals surface area contributed by atoms with Crippen molar-refractivity contribution in [3.05, 3.63) is 63.6 Å². The maximum Gasteiger partial charge on any atom is 0.313 e. The summed E-state index contributed by atoms with van der Waals surface area (Å²) in [6.07, 6.45) is -3.04. The molecule has 0 aliphatic rings. The topological polar surface area (TPSA) is 64.1 Å². The van der Waals surface area contributed by atoms with Crippen LogP contribution in [0.15, 0.2) is 40.9 Å². The van der Waals surface area contributed by atoms with Crippen LogP contribution in [0.5, 0.6) is 0 Å². The van der Waals surface area contributed by atoms with Crippen LogP contribution in [0.25, 0.3) is 10.9 Å². The van der Waals surface area contributed by atoms with E-state index >= 15 is 0 Å². The Hall–Kier alpha value is -2.68. The van der Waals surface area contributed by atoms with E-state index in [0.29, 0.717) is 16.7 Å². The van der Waals surface area contributed by atoms with Crippen LogP contribution in [0.4, 0.5) is 19.0 Å². The summed E-state index contributed by atoms with van der Waals surface area (Å²) in [5, 5.41) is 3.71. The van der Waals surface area contributed by atoms with Crippen LogP contribution < -0.4 is 5.32 Å². The zero-order valence-corrected chi connectivity index (χ0v) is 17.8. The molecule has 3 rings (SSSR count). The third kappa shape index (κ3) is 4.89. The maximum absolute atomic E-state index is 14.6. The van der Waals surface area contributed by atoms with Crippen molar-refractivity contribution in [1.29, 1.82) is 0 Å². The molecule has 0 saturated carbocycles. The lowest BCUT2D eigenvalue weighted by atomic mass is 10.0. The van der Waals surface area contributed by atoms with Crippen LogP contribution in [-0.4, -0.2) is 22.5 Å². The summed E-state index contributed by atoms with van der Waals surface area (Å²) in [5.74, 6) is -0.836. The van der Waals surface area contributed by atoms with Crippen molar-refractivity contribution < 1.29 is 22.7 Å². The van der Waals surface area contributed by atoms with E-state index in [1.54, 1.807) is 32.0 Å². The molecule has 0 amide bonds. The first-order valence-corrected chi connectivity index (χ1v) is 10.0. The van der Waals surface area contributed by atoms with Crippen LogP contribution in [0.1, 0.15) is 43.3 Å². The van der Waals surface area contributed by atoms with Gasteiger partial charge in [-0.05, 0) is 32.0 Å². The summed E-state index contributed by atoms with van der Waals surface area (Å²) in [4.78, 5) is 20.6. The average Bonchev–Trinajstić information content (AvgIpc) is 2.68. The number of esters is 1. The smallest absolute Gasteiger partial charge is 0.313 e. The predicted molar refractivity (Wildman–Crippen MR) is 111 cm³/mol. The molecule has 0 fully saturated rings. The number of rotatable bonds is 7. The Bertz CT molecular complexity index is 1080. The van der Waals surface area contributed by atoms with Gasteiger partial charge in [-0.25, -0.2) is 23.1 Å². The van der Waals surface area contributed by atoms with E-state index in [1.165, 1.54) is 12.1 Å². The van der Waals surface area contributed by atoms with Gasteiger partial charge in [0, 0.05) is 15.4 Å². The lowest BCUT2D eigenvalue weighted by Gasteiger charge is -2.19. The first-order chi connectivity index (χ1) is 14.3. The molecular formula is C21H19BrF3N3O2. The molecule has 1 aromatic heterocycles. The van der Waals surface area contributed by atoms with Crippen LogP contribution in [0, 0.1) is 5.82 Å². The normalized spacial score (nSPS) is 12.2. The van der Waals surface area contributed by atoms with Gasteiger partial charge in [0.05, 0.1) is 23.7 Å². The monoisotopic (exact) mass is 481 g/mol. The van der Waals surface area contributed by atoms with Gasteiger partial charge in [-0.1, -0.05) is 34.1 Å². The molecule has 0 unspecified atom stereocenters. The molecule has 0 spiro atoms. The minimum atomic E-state index is -2.91. The van der Waals surface area contributed by atoms with Gasteiger partial charge in [0.2, 0.25) is 0 Å². The van der Waals surface area contributed by atoms with Gasteiger partial charge in [0.25, 0.3) is 6.43 Å². The zero-order valence-electron chi connectivity index (χ0n) is 16.3. The number of alkyl halides is 2. The number of carbonyl (C=O) groups is 1. The van der Waals surface area contributed by atoms with Gasteiger partial charge in [0.15, 0.2) is 0 Å². The second-order valence-corrected chi connectivity index (χ2v) is 7.46. The molecule has 0 radical (unpaired) electrons. The van der Waals surface area contributed by atoms with Gasteiger partial charge in [-0.3, -0.25) is 4.79 Å². The number of carbonyl (C=O) groups excluding carboxylic acids is 1. The van der Waals surface area contributed by atoms with Crippen molar-refractivity contribution in [3.63, 3.8) is 0 Å². The maximum atomic E-state index is 14.6. The molecule has 9 heteroatoms. The molecule has 0 aliphatic heterocycles. The second kappa shape index (κ2) is 9.42. The lowest BCUT2D eigenvalue weighted by Crippen LogP contribution is -2.15. The van der Waals surface area contributed by atoms with Gasteiger partial charge in [-0.15, -0.1) is 0 Å². The quantitative estimate of drug-likeness (QED) is 0.435. The van der Waals surface area contributed by atoms with E-state index in [1.807, 2.05) is 0 Å². The van der Waals surface area contributed by atoms with Crippen molar-refractivity contribution in [1.82, 2.24) is 9.97 Å². The first-order valence-electron chi connectivity index (χ1n) is 9.25. The average molecular weight is 482 g/mol. The number of benzene rings is 2. The summed E-state index contributed by atoms with van der Waals surface area (Å²) in [5.41, 5.74) is 0.00458. The van der Waals surface area contributed by atoms with E-state index in [2.05, 4.69) is 31.2 Å². The Morgan fingerprint density at radius 1 is 1.20 bits per heavy atom. The number of anilines is 1. The Morgan fingerprint density at radius 2 is 1.93 bits per heavy atom. The number of hydrogen-bond acceptors (Lipinski definition) is 5. The molecule has 1 atom stereocenters. The summed E-state index contributed by atoms with van der Waals surface area (Å²) in [7, 11) is 0. The van der Waals surface area contributed by atoms with Crippen LogP contribution in [0.3, 0.4) is 0 Å². The summed E-state index contributed by atoms with van der Waals surface area (Å²) < 4.78 is 46.4. The zero-order chi connectivity index (χ0) is 21.8. The second-order valence-electron chi connectivity index (χ2n) is 6.55. The lowest BCUT2D eigenvalue weighted by molar-refractivity contribution is -0.142. The number of halogens is 4. The van der Waals surface area contributed by atoms with E-state index in [4.69, 9.17) is 4.74 Å². The van der Waals surface area contributed by atoms with Crippen molar-refractivity contribution in [2.24, 2.45) is 0 Å². The molecular weight excluding hydrogens is 463 g/mol. The Morgan fingerprint density at radius 3 is 2.63 bits per heavy atom. The van der Waals surface area contributed by atoms with Crippen molar-refractivity contribution in [3.8, 4) is 0 Å². The van der Waals surface area contributed by atoms with Gasteiger partial charge < -0.3 is 10.1 Å². The first kappa shape index (κ1) is 22.0. The number of aromatic nitrogens is 2. The molecule has 30 heavy (non-hydrogen) atoms.